The summed E-state index contributed by atoms with van der Waals surface area (Å²) in [6.45, 7) is 1.40. The summed E-state index contributed by atoms with van der Waals surface area (Å²) in [7, 11) is 2.03. The van der Waals surface area contributed by atoms with Crippen LogP contribution in [0, 0.1) is 5.82 Å². The molecule has 3 heterocycles. The number of alkyl halides is 3. The highest BCUT2D eigenvalue weighted by atomic mass is 35.5. The molecule has 0 bridgehead atoms. The van der Waals surface area contributed by atoms with Crippen LogP contribution in [-0.4, -0.2) is 70.9 Å². The summed E-state index contributed by atoms with van der Waals surface area (Å²) in [5.41, 5.74) is 1.68. The molecule has 2 aromatic carbocycles. The second-order valence-corrected chi connectivity index (χ2v) is 9.17. The maximum absolute atomic E-state index is 14.8. The van der Waals surface area contributed by atoms with E-state index in [1.165, 1.54) is 6.07 Å². The third kappa shape index (κ3) is 6.10. The van der Waals surface area contributed by atoms with E-state index in [1.54, 1.807) is 6.07 Å². The number of rotatable bonds is 3. The van der Waals surface area contributed by atoms with E-state index in [9.17, 15) is 22.4 Å². The fourth-order valence-electron chi connectivity index (χ4n) is 4.21. The molecular weight excluding hydrogens is 536 g/mol. The number of H-pyrrole nitrogens is 1. The van der Waals surface area contributed by atoms with Gasteiger partial charge in [-0.3, -0.25) is 9.69 Å². The van der Waals surface area contributed by atoms with Crippen molar-refractivity contribution < 1.29 is 41.7 Å². The highest BCUT2D eigenvalue weighted by Gasteiger charge is 2.38. The topological polar surface area (TPSA) is 117 Å². The lowest BCUT2D eigenvalue weighted by molar-refractivity contribution is -0.192. The van der Waals surface area contributed by atoms with Gasteiger partial charge in [0.15, 0.2) is 17.3 Å². The van der Waals surface area contributed by atoms with Gasteiger partial charge < -0.3 is 24.9 Å². The Morgan fingerprint density at radius 3 is 2.63 bits per heavy atom. The number of aromatic amines is 1. The first kappa shape index (κ1) is 27.5. The van der Waals surface area contributed by atoms with Crippen LogP contribution in [0.5, 0.6) is 11.5 Å². The van der Waals surface area contributed by atoms with Gasteiger partial charge in [-0.1, -0.05) is 11.6 Å². The van der Waals surface area contributed by atoms with Gasteiger partial charge in [-0.05, 0) is 50.2 Å². The van der Waals surface area contributed by atoms with Crippen LogP contribution in [0.4, 0.5) is 17.6 Å². The average Bonchev–Trinajstić information content (AvgIpc) is 3.28. The number of nitrogens with one attached hydrogen (secondary N) is 2. The predicted molar refractivity (Wildman–Crippen MR) is 128 cm³/mol. The molecule has 38 heavy (non-hydrogen) atoms. The van der Waals surface area contributed by atoms with Gasteiger partial charge in [0, 0.05) is 17.6 Å². The van der Waals surface area contributed by atoms with E-state index in [-0.39, 0.29) is 30.0 Å². The van der Waals surface area contributed by atoms with Crippen LogP contribution in [0.15, 0.2) is 30.3 Å². The maximum Gasteiger partial charge on any atom is 0.490 e. The molecule has 3 aromatic rings. The number of carbonyl (C=O) groups excluding carboxylic acids is 1. The van der Waals surface area contributed by atoms with E-state index in [1.807, 2.05) is 25.2 Å². The van der Waals surface area contributed by atoms with E-state index in [0.29, 0.717) is 23.8 Å². The van der Waals surface area contributed by atoms with E-state index in [2.05, 4.69) is 15.2 Å². The minimum absolute atomic E-state index is 0.00101. The minimum atomic E-state index is -5.08. The summed E-state index contributed by atoms with van der Waals surface area (Å²) >= 11 is 6.09. The van der Waals surface area contributed by atoms with Crippen molar-refractivity contribution in [3.05, 3.63) is 52.6 Å². The molecule has 0 aliphatic carbocycles. The molecule has 2 aliphatic heterocycles. The van der Waals surface area contributed by atoms with Crippen LogP contribution >= 0.6 is 11.6 Å². The number of benzene rings is 2. The third-order valence-corrected chi connectivity index (χ3v) is 6.35. The molecular formula is C24H23ClF4N4O5. The molecule has 1 amide bonds. The Bertz CT molecular complexity index is 1350. The summed E-state index contributed by atoms with van der Waals surface area (Å²) in [6, 6.07) is 8.43. The number of piperidine rings is 1. The van der Waals surface area contributed by atoms with Crippen LogP contribution < -0.4 is 14.8 Å². The van der Waals surface area contributed by atoms with Gasteiger partial charge in [0.05, 0.1) is 22.6 Å². The highest BCUT2D eigenvalue weighted by molar-refractivity contribution is 6.31. The Kier molecular flexibility index (Phi) is 7.97. The number of aliphatic carboxylic acids is 1. The van der Waals surface area contributed by atoms with Gasteiger partial charge in [-0.25, -0.2) is 14.2 Å². The van der Waals surface area contributed by atoms with Crippen LogP contribution in [-0.2, 0) is 4.79 Å². The largest absolute Gasteiger partial charge is 0.490 e. The Morgan fingerprint density at radius 1 is 1.21 bits per heavy atom. The van der Waals surface area contributed by atoms with E-state index in [4.69, 9.17) is 36.0 Å². The molecule has 3 N–H and O–H groups in total. The number of amides is 1. The van der Waals surface area contributed by atoms with Crippen molar-refractivity contribution in [2.75, 3.05) is 26.8 Å². The SMILES string of the molecule is CN1CC[C@@H](NC(=O)c2ccc3c(c2F)OCCO3)C[C@@H]1c1nc2ccc(Cl)cc2[nH]1.O=C(O)C(F)(F)F. The van der Waals surface area contributed by atoms with Crippen LogP contribution in [0.25, 0.3) is 11.0 Å². The Hall–Kier alpha value is -3.58. The van der Waals surface area contributed by atoms with E-state index >= 15 is 0 Å². The molecule has 2 aliphatic rings. The van der Waals surface area contributed by atoms with Crippen molar-refractivity contribution in [2.24, 2.45) is 0 Å². The maximum atomic E-state index is 14.8. The molecule has 204 valence electrons. The number of carboxylic acid groups (broad SMARTS) is 1. The van der Waals surface area contributed by atoms with Gasteiger partial charge >= 0.3 is 12.1 Å². The van der Waals surface area contributed by atoms with Gasteiger partial charge in [0.2, 0.25) is 0 Å². The summed E-state index contributed by atoms with van der Waals surface area (Å²) in [4.78, 5) is 32.0. The summed E-state index contributed by atoms with van der Waals surface area (Å²) in [5.74, 6) is -2.75. The normalized spacial score (nSPS) is 19.4. The van der Waals surface area contributed by atoms with Crippen molar-refractivity contribution in [2.45, 2.75) is 31.1 Å². The average molecular weight is 559 g/mol. The number of hydrogen-bond acceptors (Lipinski definition) is 6. The zero-order valence-electron chi connectivity index (χ0n) is 19.9. The van der Waals surface area contributed by atoms with E-state index < -0.39 is 23.9 Å². The summed E-state index contributed by atoms with van der Waals surface area (Å²) in [6.07, 6.45) is -3.67. The third-order valence-electron chi connectivity index (χ3n) is 6.12. The fourth-order valence-corrected chi connectivity index (χ4v) is 4.39. The quantitative estimate of drug-likeness (QED) is 0.410. The fraction of sp³-hybridized carbons (Fsp3) is 0.375. The first-order valence-corrected chi connectivity index (χ1v) is 11.9. The molecule has 5 rings (SSSR count). The summed E-state index contributed by atoms with van der Waals surface area (Å²) < 4.78 is 57.3. The number of aromatic nitrogens is 2. The molecule has 2 atom stereocenters. The number of carbonyl (C=O) groups is 2. The molecule has 0 radical (unpaired) electrons. The first-order chi connectivity index (χ1) is 17.9. The lowest BCUT2D eigenvalue weighted by atomic mass is 9.96. The zero-order valence-corrected chi connectivity index (χ0v) is 20.7. The predicted octanol–water partition coefficient (Wildman–Crippen LogP) is 4.33. The number of likely N-dealkylation sites (tertiary alicyclic amines) is 1. The number of halogens is 5. The van der Waals surface area contributed by atoms with Crippen molar-refractivity contribution in [1.82, 2.24) is 20.2 Å². The molecule has 1 aromatic heterocycles. The standard InChI is InChI=1S/C22H22ClFN4O3.C2HF3O2/c1-28-7-6-13(11-17(28)21-26-15-4-2-12(23)10-16(15)27-21)25-22(29)14-3-5-18-20(19(14)24)31-9-8-30-18;3-2(4,5)1(6)7/h2-5,10,13,17H,6-9,11H2,1H3,(H,25,29)(H,26,27);(H,6,7)/t13-,17-;/m1./s1. The van der Waals surface area contributed by atoms with Gasteiger partial charge in [-0.2, -0.15) is 13.2 Å². The number of imidazole rings is 1. The monoisotopic (exact) mass is 558 g/mol. The Labute approximate surface area is 218 Å². The number of carboxylic acids is 1. The highest BCUT2D eigenvalue weighted by Crippen LogP contribution is 2.35. The van der Waals surface area contributed by atoms with Crippen molar-refractivity contribution in [3.8, 4) is 11.5 Å². The van der Waals surface area contributed by atoms with Gasteiger partial charge in [-0.15, -0.1) is 0 Å². The van der Waals surface area contributed by atoms with Crippen LogP contribution in [0.1, 0.15) is 35.1 Å². The Balaban J connectivity index is 0.000000426. The smallest absolute Gasteiger partial charge is 0.486 e. The zero-order chi connectivity index (χ0) is 27.6. The molecule has 0 spiro atoms. The molecule has 0 unspecified atom stereocenters. The van der Waals surface area contributed by atoms with Gasteiger partial charge in [0.25, 0.3) is 5.91 Å². The molecule has 1 saturated heterocycles. The van der Waals surface area contributed by atoms with Crippen molar-refractivity contribution in [3.63, 3.8) is 0 Å². The molecule has 9 nitrogen and oxygen atoms in total. The van der Waals surface area contributed by atoms with Crippen LogP contribution in [0.2, 0.25) is 5.02 Å². The lowest BCUT2D eigenvalue weighted by Gasteiger charge is -2.36. The molecule has 14 heteroatoms. The number of ether oxygens (including phenoxy) is 2. The lowest BCUT2D eigenvalue weighted by Crippen LogP contribution is -2.45. The number of fused-ring (bicyclic) bond motifs is 2. The van der Waals surface area contributed by atoms with E-state index in [0.717, 1.165) is 29.8 Å². The number of nitrogens with zero attached hydrogens (tertiary/aromatic N) is 2. The Morgan fingerprint density at radius 2 is 1.92 bits per heavy atom. The molecule has 0 saturated carbocycles. The first-order valence-electron chi connectivity index (χ1n) is 11.5. The van der Waals surface area contributed by atoms with Crippen molar-refractivity contribution >= 4 is 34.5 Å². The van der Waals surface area contributed by atoms with Gasteiger partial charge in [0.1, 0.15) is 19.0 Å². The van der Waals surface area contributed by atoms with Crippen molar-refractivity contribution in [1.29, 1.82) is 0 Å². The number of hydrogen-bond donors (Lipinski definition) is 3. The minimum Gasteiger partial charge on any atom is -0.486 e. The summed E-state index contributed by atoms with van der Waals surface area (Å²) in [5, 5.41) is 10.8. The molecule has 1 fully saturated rings. The second kappa shape index (κ2) is 11.0. The second-order valence-electron chi connectivity index (χ2n) is 8.73. The van der Waals surface area contributed by atoms with Crippen LogP contribution in [0.3, 0.4) is 0 Å².